The number of hydrogen-bond donors (Lipinski definition) is 0. The Morgan fingerprint density at radius 1 is 0.667 bits per heavy atom. The van der Waals surface area contributed by atoms with E-state index in [2.05, 4.69) is 22.6 Å². The van der Waals surface area contributed by atoms with Crippen molar-refractivity contribution in [3.05, 3.63) is 0 Å². The van der Waals surface area contributed by atoms with Gasteiger partial charge in [0.25, 0.3) is 0 Å². The summed E-state index contributed by atoms with van der Waals surface area (Å²) in [6.07, 6.45) is 11.0. The predicted molar refractivity (Wildman–Crippen MR) is 66.5 cm³/mol. The minimum absolute atomic E-state index is 0.842. The van der Waals surface area contributed by atoms with Gasteiger partial charge in [-0.3, -0.25) is 0 Å². The van der Waals surface area contributed by atoms with E-state index in [9.17, 15) is 0 Å². The molecule has 0 N–H and O–H groups in total. The fourth-order valence-corrected chi connectivity index (χ4v) is 1.98. The van der Waals surface area contributed by atoms with Crippen LogP contribution < -0.4 is 0 Å². The van der Waals surface area contributed by atoms with Crippen LogP contribution >= 0.6 is 34.2 Å². The number of halogens is 2. The van der Waals surface area contributed by atoms with Gasteiger partial charge >= 0.3 is 0 Å². The van der Waals surface area contributed by atoms with Gasteiger partial charge in [-0.1, -0.05) is 61.1 Å². The standard InChI is InChI=1S/C10H20ClI/c11-9-7-5-3-1-2-4-6-8-10-12/h1-10H2. The topological polar surface area (TPSA) is 0 Å². The number of unbranched alkanes of at least 4 members (excludes halogenated alkanes) is 7. The van der Waals surface area contributed by atoms with E-state index in [-0.39, 0.29) is 0 Å². The van der Waals surface area contributed by atoms with Gasteiger partial charge in [-0.05, 0) is 17.3 Å². The molecule has 0 aliphatic heterocycles. The Kier molecular flexibility index (Phi) is 13.0. The lowest BCUT2D eigenvalue weighted by Crippen LogP contribution is -1.82. The Labute approximate surface area is 95.6 Å². The molecule has 0 radical (unpaired) electrons. The average molecular weight is 303 g/mol. The first-order valence-electron chi connectivity index (χ1n) is 5.03. The van der Waals surface area contributed by atoms with E-state index in [0.29, 0.717) is 0 Å². The highest BCUT2D eigenvalue weighted by Crippen LogP contribution is 2.09. The molecule has 0 aliphatic rings. The minimum atomic E-state index is 0.842. The molecule has 0 aromatic rings. The quantitative estimate of drug-likeness (QED) is 0.327. The van der Waals surface area contributed by atoms with Crippen LogP contribution in [0.1, 0.15) is 51.4 Å². The Morgan fingerprint density at radius 3 is 1.50 bits per heavy atom. The van der Waals surface area contributed by atoms with Crippen LogP contribution in [0.15, 0.2) is 0 Å². The highest BCUT2D eigenvalue weighted by Gasteiger charge is 1.90. The monoisotopic (exact) mass is 302 g/mol. The SMILES string of the molecule is ClCCCCCCCCCCI. The molecule has 0 unspecified atom stereocenters. The summed E-state index contributed by atoms with van der Waals surface area (Å²) in [7, 11) is 0. The van der Waals surface area contributed by atoms with Crippen molar-refractivity contribution < 1.29 is 0 Å². The number of alkyl halides is 2. The Balaban J connectivity index is 2.73. The molecule has 0 amide bonds. The van der Waals surface area contributed by atoms with E-state index in [0.717, 1.165) is 5.88 Å². The molecule has 0 bridgehead atoms. The van der Waals surface area contributed by atoms with Crippen LogP contribution in [-0.2, 0) is 0 Å². The van der Waals surface area contributed by atoms with E-state index in [1.165, 1.54) is 55.8 Å². The maximum absolute atomic E-state index is 5.58. The molecule has 0 spiro atoms. The van der Waals surface area contributed by atoms with Crippen molar-refractivity contribution in [3.63, 3.8) is 0 Å². The third-order valence-electron chi connectivity index (χ3n) is 2.02. The van der Waals surface area contributed by atoms with E-state index in [1.54, 1.807) is 0 Å². The van der Waals surface area contributed by atoms with Gasteiger partial charge in [-0.15, -0.1) is 11.6 Å². The van der Waals surface area contributed by atoms with Gasteiger partial charge in [0, 0.05) is 5.88 Å². The van der Waals surface area contributed by atoms with Gasteiger partial charge in [-0.2, -0.15) is 0 Å². The molecule has 0 aromatic heterocycles. The molecule has 0 fully saturated rings. The fraction of sp³-hybridized carbons (Fsp3) is 1.00. The van der Waals surface area contributed by atoms with Gasteiger partial charge < -0.3 is 0 Å². The minimum Gasteiger partial charge on any atom is -0.127 e. The van der Waals surface area contributed by atoms with Crippen molar-refractivity contribution >= 4 is 34.2 Å². The molecular formula is C10H20ClI. The van der Waals surface area contributed by atoms with Crippen LogP contribution in [0.4, 0.5) is 0 Å². The third-order valence-corrected chi connectivity index (χ3v) is 3.05. The summed E-state index contributed by atoms with van der Waals surface area (Å²) in [6, 6.07) is 0. The zero-order valence-electron chi connectivity index (χ0n) is 7.83. The lowest BCUT2D eigenvalue weighted by Gasteiger charge is -1.99. The predicted octanol–water partition coefficient (Wildman–Crippen LogP) is 4.78. The number of hydrogen-bond acceptors (Lipinski definition) is 0. The largest absolute Gasteiger partial charge is 0.127 e. The first kappa shape index (κ1) is 13.0. The molecule has 0 rings (SSSR count). The zero-order valence-corrected chi connectivity index (χ0v) is 10.7. The summed E-state index contributed by atoms with van der Waals surface area (Å²) in [4.78, 5) is 0. The van der Waals surface area contributed by atoms with E-state index < -0.39 is 0 Å². The van der Waals surface area contributed by atoms with E-state index in [4.69, 9.17) is 11.6 Å². The van der Waals surface area contributed by atoms with Gasteiger partial charge in [0.15, 0.2) is 0 Å². The molecule has 0 saturated heterocycles. The van der Waals surface area contributed by atoms with Crippen molar-refractivity contribution in [2.75, 3.05) is 10.3 Å². The Hall–Kier alpha value is 1.02. The second kappa shape index (κ2) is 12.0. The highest BCUT2D eigenvalue weighted by atomic mass is 127. The zero-order chi connectivity index (χ0) is 9.07. The maximum atomic E-state index is 5.58. The molecule has 74 valence electrons. The lowest BCUT2D eigenvalue weighted by molar-refractivity contribution is 0.588. The molecular weight excluding hydrogens is 282 g/mol. The number of rotatable bonds is 9. The molecule has 2 heteroatoms. The smallest absolute Gasteiger partial charge is 0.0223 e. The molecule has 0 atom stereocenters. The molecule has 0 nitrogen and oxygen atoms in total. The van der Waals surface area contributed by atoms with Crippen LogP contribution in [0.2, 0.25) is 0 Å². The van der Waals surface area contributed by atoms with Gasteiger partial charge in [0.1, 0.15) is 0 Å². The summed E-state index contributed by atoms with van der Waals surface area (Å²) in [5, 5.41) is 0. The van der Waals surface area contributed by atoms with Gasteiger partial charge in [0.2, 0.25) is 0 Å². The van der Waals surface area contributed by atoms with Crippen LogP contribution in [0, 0.1) is 0 Å². The van der Waals surface area contributed by atoms with E-state index in [1.807, 2.05) is 0 Å². The van der Waals surface area contributed by atoms with Crippen LogP contribution in [0.5, 0.6) is 0 Å². The van der Waals surface area contributed by atoms with E-state index >= 15 is 0 Å². The summed E-state index contributed by atoms with van der Waals surface area (Å²) in [5.74, 6) is 0.842. The Bertz CT molecular complexity index is 66.2. The summed E-state index contributed by atoms with van der Waals surface area (Å²) in [5.41, 5.74) is 0. The third kappa shape index (κ3) is 11.0. The molecule has 0 aliphatic carbocycles. The summed E-state index contributed by atoms with van der Waals surface area (Å²) >= 11 is 8.03. The molecule has 0 aromatic carbocycles. The molecule has 0 heterocycles. The highest BCUT2D eigenvalue weighted by molar-refractivity contribution is 14.1. The molecule has 12 heavy (non-hydrogen) atoms. The van der Waals surface area contributed by atoms with Crippen molar-refractivity contribution in [2.24, 2.45) is 0 Å². The summed E-state index contributed by atoms with van der Waals surface area (Å²) in [6.45, 7) is 0. The molecule has 0 saturated carbocycles. The van der Waals surface area contributed by atoms with Gasteiger partial charge in [0.05, 0.1) is 0 Å². The fourth-order valence-electron chi connectivity index (χ4n) is 1.25. The maximum Gasteiger partial charge on any atom is 0.0223 e. The second-order valence-electron chi connectivity index (χ2n) is 3.21. The second-order valence-corrected chi connectivity index (χ2v) is 4.66. The first-order valence-corrected chi connectivity index (χ1v) is 7.09. The van der Waals surface area contributed by atoms with Crippen molar-refractivity contribution in [1.82, 2.24) is 0 Å². The summed E-state index contributed by atoms with van der Waals surface area (Å²) < 4.78 is 1.32. The van der Waals surface area contributed by atoms with Crippen molar-refractivity contribution in [3.8, 4) is 0 Å². The van der Waals surface area contributed by atoms with Gasteiger partial charge in [-0.25, -0.2) is 0 Å². The Morgan fingerprint density at radius 2 is 1.08 bits per heavy atom. The van der Waals surface area contributed by atoms with Crippen LogP contribution in [-0.4, -0.2) is 10.3 Å². The van der Waals surface area contributed by atoms with Crippen molar-refractivity contribution in [1.29, 1.82) is 0 Å². The first-order chi connectivity index (χ1) is 5.91. The average Bonchev–Trinajstić information content (AvgIpc) is 2.10. The van der Waals surface area contributed by atoms with Crippen LogP contribution in [0.25, 0.3) is 0 Å². The van der Waals surface area contributed by atoms with Crippen LogP contribution in [0.3, 0.4) is 0 Å². The lowest BCUT2D eigenvalue weighted by atomic mass is 10.1. The normalized spacial score (nSPS) is 10.5. The van der Waals surface area contributed by atoms with Crippen molar-refractivity contribution in [2.45, 2.75) is 51.4 Å².